The van der Waals surface area contributed by atoms with Gasteiger partial charge in [-0.15, -0.1) is 0 Å². The van der Waals surface area contributed by atoms with Gasteiger partial charge in [-0.2, -0.15) is 0 Å². The molecule has 1 radical (unpaired) electrons. The van der Waals surface area contributed by atoms with Crippen molar-refractivity contribution in [1.29, 1.82) is 0 Å². The Balaban J connectivity index is 3.29. The van der Waals surface area contributed by atoms with Gasteiger partial charge in [0, 0.05) is 0 Å². The molecule has 0 saturated carbocycles. The minimum Gasteiger partial charge on any atom is -0.0613 e. The molecule has 1 rings (SSSR count). The minimum atomic E-state index is 1.09. The van der Waals surface area contributed by atoms with E-state index in [0.717, 1.165) is 6.42 Å². The van der Waals surface area contributed by atoms with Crippen LogP contribution in [0.1, 0.15) is 29.2 Å². The van der Waals surface area contributed by atoms with E-state index in [4.69, 9.17) is 0 Å². The monoisotopic (exact) mass is 147 g/mol. The van der Waals surface area contributed by atoms with Crippen molar-refractivity contribution in [3.8, 4) is 0 Å². The van der Waals surface area contributed by atoms with Gasteiger partial charge < -0.3 is 0 Å². The summed E-state index contributed by atoms with van der Waals surface area (Å²) in [5.74, 6) is 0. The average Bonchev–Trinajstić information content (AvgIpc) is 1.99. The van der Waals surface area contributed by atoms with Crippen molar-refractivity contribution in [3.63, 3.8) is 0 Å². The van der Waals surface area contributed by atoms with Crippen molar-refractivity contribution >= 4 is 0 Å². The molecule has 0 saturated heterocycles. The predicted octanol–water partition coefficient (Wildman–Crippen LogP) is 3.05. The summed E-state index contributed by atoms with van der Waals surface area (Å²) in [4.78, 5) is 0. The van der Waals surface area contributed by atoms with Crippen LogP contribution in [0.2, 0.25) is 0 Å². The van der Waals surface area contributed by atoms with Gasteiger partial charge in [0.05, 0.1) is 0 Å². The second-order valence-electron chi connectivity index (χ2n) is 3.00. The van der Waals surface area contributed by atoms with E-state index >= 15 is 0 Å². The highest BCUT2D eigenvalue weighted by atomic mass is 14.1. The first-order valence-electron chi connectivity index (χ1n) is 4.07. The van der Waals surface area contributed by atoms with E-state index in [1.165, 1.54) is 22.3 Å². The van der Waals surface area contributed by atoms with Crippen LogP contribution in [-0.4, -0.2) is 0 Å². The van der Waals surface area contributed by atoms with E-state index < -0.39 is 0 Å². The molecule has 11 heavy (non-hydrogen) atoms. The lowest BCUT2D eigenvalue weighted by atomic mass is 9.97. The smallest absolute Gasteiger partial charge is 0.0235 e. The van der Waals surface area contributed by atoms with Crippen LogP contribution in [0.15, 0.2) is 12.1 Å². The third-order valence-electron chi connectivity index (χ3n) is 2.32. The fraction of sp³-hybridized carbons (Fsp3) is 0.364. The summed E-state index contributed by atoms with van der Waals surface area (Å²) in [5, 5.41) is 0. The van der Waals surface area contributed by atoms with Gasteiger partial charge in [-0.1, -0.05) is 19.1 Å². The summed E-state index contributed by atoms with van der Waals surface area (Å²) in [7, 11) is 0. The summed E-state index contributed by atoms with van der Waals surface area (Å²) >= 11 is 0. The van der Waals surface area contributed by atoms with Gasteiger partial charge in [-0.3, -0.25) is 0 Å². The Morgan fingerprint density at radius 2 is 1.91 bits per heavy atom. The molecule has 0 amide bonds. The largest absolute Gasteiger partial charge is 0.0613 e. The Labute approximate surface area is 69.3 Å². The SMILES string of the molecule is [CH2]c1ccc(C)c(C)c1CC. The molecule has 0 aliphatic rings. The van der Waals surface area contributed by atoms with Crippen LogP contribution in [0, 0.1) is 20.8 Å². The molecule has 0 bridgehead atoms. The van der Waals surface area contributed by atoms with Gasteiger partial charge in [0.25, 0.3) is 0 Å². The quantitative estimate of drug-likeness (QED) is 0.572. The van der Waals surface area contributed by atoms with Gasteiger partial charge in [-0.25, -0.2) is 0 Å². The maximum Gasteiger partial charge on any atom is -0.0235 e. The molecule has 0 heterocycles. The van der Waals surface area contributed by atoms with Crippen LogP contribution in [0.25, 0.3) is 0 Å². The summed E-state index contributed by atoms with van der Waals surface area (Å²) in [5.41, 5.74) is 5.36. The summed E-state index contributed by atoms with van der Waals surface area (Å²) < 4.78 is 0. The predicted molar refractivity (Wildman–Crippen MR) is 49.8 cm³/mol. The lowest BCUT2D eigenvalue weighted by Gasteiger charge is -2.09. The van der Waals surface area contributed by atoms with Gasteiger partial charge in [0.15, 0.2) is 0 Å². The zero-order valence-corrected chi connectivity index (χ0v) is 7.57. The topological polar surface area (TPSA) is 0 Å². The lowest BCUT2D eigenvalue weighted by Crippen LogP contribution is -1.93. The molecule has 0 unspecified atom stereocenters. The van der Waals surface area contributed by atoms with Crippen molar-refractivity contribution in [1.82, 2.24) is 0 Å². The molecule has 59 valence electrons. The zero-order valence-electron chi connectivity index (χ0n) is 7.57. The first-order chi connectivity index (χ1) is 5.16. The fourth-order valence-electron chi connectivity index (χ4n) is 1.42. The van der Waals surface area contributed by atoms with E-state index in [9.17, 15) is 0 Å². The standard InChI is InChI=1S/C11H15/c1-5-11-9(3)7-6-8(2)10(11)4/h6-7H,3,5H2,1-2,4H3. The molecule has 0 atom stereocenters. The third-order valence-corrected chi connectivity index (χ3v) is 2.32. The van der Waals surface area contributed by atoms with Crippen molar-refractivity contribution in [2.75, 3.05) is 0 Å². The average molecular weight is 147 g/mol. The highest BCUT2D eigenvalue weighted by Gasteiger charge is 2.01. The zero-order chi connectivity index (χ0) is 8.43. The van der Waals surface area contributed by atoms with Crippen molar-refractivity contribution < 1.29 is 0 Å². The van der Waals surface area contributed by atoms with Gasteiger partial charge >= 0.3 is 0 Å². The number of hydrogen-bond donors (Lipinski definition) is 0. The molecule has 0 aliphatic carbocycles. The van der Waals surface area contributed by atoms with E-state index in [2.05, 4.69) is 39.8 Å². The Kier molecular flexibility index (Phi) is 2.33. The normalized spacial score (nSPS) is 10.2. The molecule has 0 aromatic heterocycles. The molecule has 0 heteroatoms. The second kappa shape index (κ2) is 3.08. The van der Waals surface area contributed by atoms with Crippen LogP contribution in [0.5, 0.6) is 0 Å². The highest BCUT2D eigenvalue weighted by Crippen LogP contribution is 2.17. The van der Waals surface area contributed by atoms with E-state index in [1.54, 1.807) is 0 Å². The van der Waals surface area contributed by atoms with Crippen molar-refractivity contribution in [2.24, 2.45) is 0 Å². The number of benzene rings is 1. The van der Waals surface area contributed by atoms with E-state index in [-0.39, 0.29) is 0 Å². The highest BCUT2D eigenvalue weighted by molar-refractivity contribution is 5.40. The van der Waals surface area contributed by atoms with Crippen LogP contribution in [0.3, 0.4) is 0 Å². The Morgan fingerprint density at radius 1 is 1.27 bits per heavy atom. The maximum absolute atomic E-state index is 3.99. The second-order valence-corrected chi connectivity index (χ2v) is 3.00. The molecule has 0 spiro atoms. The van der Waals surface area contributed by atoms with Gasteiger partial charge in [0.2, 0.25) is 0 Å². The fourth-order valence-corrected chi connectivity index (χ4v) is 1.42. The summed E-state index contributed by atoms with van der Waals surface area (Å²) in [6.45, 7) is 10.5. The van der Waals surface area contributed by atoms with Crippen LogP contribution in [0.4, 0.5) is 0 Å². The molecule has 0 nitrogen and oxygen atoms in total. The third kappa shape index (κ3) is 1.45. The van der Waals surface area contributed by atoms with Gasteiger partial charge in [0.1, 0.15) is 0 Å². The van der Waals surface area contributed by atoms with Gasteiger partial charge in [-0.05, 0) is 49.4 Å². The molecular formula is C11H15. The molecule has 0 aliphatic heterocycles. The molecule has 0 fully saturated rings. The van der Waals surface area contributed by atoms with Crippen LogP contribution >= 0.6 is 0 Å². The summed E-state index contributed by atoms with van der Waals surface area (Å²) in [6, 6.07) is 4.23. The minimum absolute atomic E-state index is 1.09. The molecule has 1 aromatic carbocycles. The molecular weight excluding hydrogens is 132 g/mol. The van der Waals surface area contributed by atoms with Crippen molar-refractivity contribution in [3.05, 3.63) is 41.3 Å². The van der Waals surface area contributed by atoms with Crippen LogP contribution in [-0.2, 0) is 6.42 Å². The maximum atomic E-state index is 3.99. The van der Waals surface area contributed by atoms with E-state index in [1.807, 2.05) is 0 Å². The van der Waals surface area contributed by atoms with E-state index in [0.29, 0.717) is 0 Å². The molecule has 0 N–H and O–H groups in total. The Hall–Kier alpha value is -0.780. The number of aryl methyl sites for hydroxylation is 1. The van der Waals surface area contributed by atoms with Crippen LogP contribution < -0.4 is 0 Å². The van der Waals surface area contributed by atoms with Crippen molar-refractivity contribution in [2.45, 2.75) is 27.2 Å². The molecule has 1 aromatic rings. The summed E-state index contributed by atoms with van der Waals surface area (Å²) in [6.07, 6.45) is 1.09. The Morgan fingerprint density at radius 3 is 2.36 bits per heavy atom. The lowest BCUT2D eigenvalue weighted by molar-refractivity contribution is 1.08. The number of hydrogen-bond acceptors (Lipinski definition) is 0. The first-order valence-corrected chi connectivity index (χ1v) is 4.07. The Bertz CT molecular complexity index is 259. The number of rotatable bonds is 1. The first kappa shape index (κ1) is 8.32.